The molecule has 1 aromatic rings. The van der Waals surface area contributed by atoms with Gasteiger partial charge in [-0.1, -0.05) is 6.07 Å². The fourth-order valence-corrected chi connectivity index (χ4v) is 1.72. The van der Waals surface area contributed by atoms with Crippen molar-refractivity contribution in [1.29, 1.82) is 0 Å². The molecule has 0 radical (unpaired) electrons. The third kappa shape index (κ3) is 2.05. The molecule has 2 unspecified atom stereocenters. The summed E-state index contributed by atoms with van der Waals surface area (Å²) >= 11 is 0. The number of nitrogens with zero attached hydrogens (tertiary/aromatic N) is 1. The second kappa shape index (κ2) is 3.85. The van der Waals surface area contributed by atoms with Crippen LogP contribution in [0, 0.1) is 5.92 Å². The number of β-amino-alcohol motifs (C(OH)–C–C–N with tert-alkyl or cyclic N) is 1. The quantitative estimate of drug-likeness (QED) is 0.680. The molecule has 0 saturated carbocycles. The van der Waals surface area contributed by atoms with Gasteiger partial charge in [-0.05, 0) is 18.6 Å². The molecular weight excluding hydrogens is 164 g/mol. The summed E-state index contributed by atoms with van der Waals surface area (Å²) in [5.74, 6) is 0.329. The predicted octanol–water partition coefficient (Wildman–Crippen LogP) is 0.204. The fraction of sp³-hybridized carbons (Fsp3) is 0.500. The third-order valence-corrected chi connectivity index (χ3v) is 2.50. The molecule has 1 fully saturated rings. The van der Waals surface area contributed by atoms with Crippen molar-refractivity contribution in [3.63, 3.8) is 0 Å². The molecule has 3 heteroatoms. The zero-order chi connectivity index (χ0) is 9.10. The first-order chi connectivity index (χ1) is 6.36. The topological polar surface area (TPSA) is 45.1 Å². The molecule has 0 amide bonds. The average Bonchev–Trinajstić information content (AvgIpc) is 2.54. The van der Waals surface area contributed by atoms with Crippen LogP contribution in [0.3, 0.4) is 0 Å². The van der Waals surface area contributed by atoms with Crippen LogP contribution in [0.4, 0.5) is 0 Å². The lowest BCUT2D eigenvalue weighted by molar-refractivity contribution is 0.147. The van der Waals surface area contributed by atoms with Gasteiger partial charge in [0.25, 0.3) is 0 Å². The molecule has 70 valence electrons. The maximum absolute atomic E-state index is 9.56. The van der Waals surface area contributed by atoms with Crippen molar-refractivity contribution < 1.29 is 5.11 Å². The fourth-order valence-electron chi connectivity index (χ4n) is 1.72. The Morgan fingerprint density at radius 1 is 1.46 bits per heavy atom. The van der Waals surface area contributed by atoms with E-state index in [0.29, 0.717) is 5.92 Å². The number of aliphatic hydroxyl groups excluding tert-OH is 1. The van der Waals surface area contributed by atoms with Crippen molar-refractivity contribution in [2.45, 2.75) is 12.5 Å². The van der Waals surface area contributed by atoms with Gasteiger partial charge in [0.05, 0.1) is 6.10 Å². The van der Waals surface area contributed by atoms with E-state index in [1.165, 1.54) is 0 Å². The van der Waals surface area contributed by atoms with Gasteiger partial charge in [-0.3, -0.25) is 4.98 Å². The van der Waals surface area contributed by atoms with Gasteiger partial charge in [0.1, 0.15) is 0 Å². The van der Waals surface area contributed by atoms with Crippen LogP contribution < -0.4 is 5.32 Å². The van der Waals surface area contributed by atoms with Crippen LogP contribution >= 0.6 is 0 Å². The molecule has 2 N–H and O–H groups in total. The molecule has 3 nitrogen and oxygen atoms in total. The summed E-state index contributed by atoms with van der Waals surface area (Å²) in [6, 6.07) is 5.90. The lowest BCUT2D eigenvalue weighted by Crippen LogP contribution is -2.20. The SMILES string of the molecule is OC1CNCC1Cc1ccccn1. The Hall–Kier alpha value is -0.930. The molecule has 0 bridgehead atoms. The van der Waals surface area contributed by atoms with Gasteiger partial charge < -0.3 is 10.4 Å². The predicted molar refractivity (Wildman–Crippen MR) is 50.3 cm³/mol. The summed E-state index contributed by atoms with van der Waals surface area (Å²) in [6.45, 7) is 1.62. The molecular formula is C10H14N2O. The Morgan fingerprint density at radius 3 is 3.00 bits per heavy atom. The maximum Gasteiger partial charge on any atom is 0.0708 e. The first-order valence-electron chi connectivity index (χ1n) is 4.65. The molecule has 2 atom stereocenters. The van der Waals surface area contributed by atoms with E-state index < -0.39 is 0 Å². The Balaban J connectivity index is 1.98. The lowest BCUT2D eigenvalue weighted by atomic mass is 10.00. The van der Waals surface area contributed by atoms with E-state index in [1.807, 2.05) is 18.2 Å². The first-order valence-corrected chi connectivity index (χ1v) is 4.65. The minimum atomic E-state index is -0.206. The minimum absolute atomic E-state index is 0.206. The van der Waals surface area contributed by atoms with Gasteiger partial charge in [0.2, 0.25) is 0 Å². The van der Waals surface area contributed by atoms with Gasteiger partial charge in [-0.25, -0.2) is 0 Å². The summed E-state index contributed by atoms with van der Waals surface area (Å²) < 4.78 is 0. The van der Waals surface area contributed by atoms with Crippen LogP contribution in [0.1, 0.15) is 5.69 Å². The molecule has 0 spiro atoms. The molecule has 1 aromatic heterocycles. The van der Waals surface area contributed by atoms with E-state index in [4.69, 9.17) is 0 Å². The number of hydrogen-bond donors (Lipinski definition) is 2. The van der Waals surface area contributed by atoms with Gasteiger partial charge in [-0.2, -0.15) is 0 Å². The smallest absolute Gasteiger partial charge is 0.0708 e. The highest BCUT2D eigenvalue weighted by atomic mass is 16.3. The Bertz CT molecular complexity index is 263. The summed E-state index contributed by atoms with van der Waals surface area (Å²) in [4.78, 5) is 4.24. The van der Waals surface area contributed by atoms with Crippen LogP contribution in [-0.2, 0) is 6.42 Å². The molecule has 1 aliphatic rings. The molecule has 1 saturated heterocycles. The molecule has 2 heterocycles. The molecule has 1 aliphatic heterocycles. The normalized spacial score (nSPS) is 27.8. The average molecular weight is 178 g/mol. The van der Waals surface area contributed by atoms with Gasteiger partial charge >= 0.3 is 0 Å². The highest BCUT2D eigenvalue weighted by molar-refractivity contribution is 5.05. The van der Waals surface area contributed by atoms with E-state index in [9.17, 15) is 5.11 Å². The van der Waals surface area contributed by atoms with Gasteiger partial charge in [0.15, 0.2) is 0 Å². The van der Waals surface area contributed by atoms with Crippen LogP contribution in [0.2, 0.25) is 0 Å². The molecule has 0 aromatic carbocycles. The number of nitrogens with one attached hydrogen (secondary N) is 1. The minimum Gasteiger partial charge on any atom is -0.391 e. The Kier molecular flexibility index (Phi) is 2.57. The van der Waals surface area contributed by atoms with Gasteiger partial charge in [0, 0.05) is 30.9 Å². The van der Waals surface area contributed by atoms with Gasteiger partial charge in [-0.15, -0.1) is 0 Å². The van der Waals surface area contributed by atoms with Crippen LogP contribution in [0.5, 0.6) is 0 Å². The van der Waals surface area contributed by atoms with E-state index in [-0.39, 0.29) is 6.10 Å². The van der Waals surface area contributed by atoms with E-state index >= 15 is 0 Å². The third-order valence-electron chi connectivity index (χ3n) is 2.50. The largest absolute Gasteiger partial charge is 0.391 e. The lowest BCUT2D eigenvalue weighted by Gasteiger charge is -2.11. The van der Waals surface area contributed by atoms with Crippen LogP contribution in [0.15, 0.2) is 24.4 Å². The molecule has 0 aliphatic carbocycles. The second-order valence-corrected chi connectivity index (χ2v) is 3.51. The number of pyridine rings is 1. The van der Waals surface area contributed by atoms with Crippen molar-refractivity contribution in [2.24, 2.45) is 5.92 Å². The Morgan fingerprint density at radius 2 is 2.38 bits per heavy atom. The second-order valence-electron chi connectivity index (χ2n) is 3.51. The van der Waals surface area contributed by atoms with E-state index in [2.05, 4.69) is 10.3 Å². The van der Waals surface area contributed by atoms with Crippen molar-refractivity contribution >= 4 is 0 Å². The summed E-state index contributed by atoms with van der Waals surface area (Å²) in [5, 5.41) is 12.7. The Labute approximate surface area is 77.8 Å². The highest BCUT2D eigenvalue weighted by Crippen LogP contribution is 2.13. The zero-order valence-electron chi connectivity index (χ0n) is 7.48. The van der Waals surface area contributed by atoms with Crippen molar-refractivity contribution in [3.8, 4) is 0 Å². The summed E-state index contributed by atoms with van der Waals surface area (Å²) in [7, 11) is 0. The summed E-state index contributed by atoms with van der Waals surface area (Å²) in [6.07, 6.45) is 2.46. The number of aromatic nitrogens is 1. The maximum atomic E-state index is 9.56. The highest BCUT2D eigenvalue weighted by Gasteiger charge is 2.24. The number of rotatable bonds is 2. The van der Waals surface area contributed by atoms with Crippen LogP contribution in [0.25, 0.3) is 0 Å². The van der Waals surface area contributed by atoms with Crippen molar-refractivity contribution in [3.05, 3.63) is 30.1 Å². The molecule has 2 rings (SSSR count). The van der Waals surface area contributed by atoms with Crippen LogP contribution in [-0.4, -0.2) is 29.3 Å². The standard InChI is InChI=1S/C10H14N2O/c13-10-7-11-6-8(10)5-9-3-1-2-4-12-9/h1-4,8,10-11,13H,5-7H2. The van der Waals surface area contributed by atoms with E-state index in [1.54, 1.807) is 6.20 Å². The monoisotopic (exact) mass is 178 g/mol. The van der Waals surface area contributed by atoms with Crippen molar-refractivity contribution in [1.82, 2.24) is 10.3 Å². The first kappa shape index (κ1) is 8.66. The van der Waals surface area contributed by atoms with E-state index in [0.717, 1.165) is 25.2 Å². The number of hydrogen-bond acceptors (Lipinski definition) is 3. The van der Waals surface area contributed by atoms with Crippen molar-refractivity contribution in [2.75, 3.05) is 13.1 Å². The zero-order valence-corrected chi connectivity index (χ0v) is 7.48. The molecule has 13 heavy (non-hydrogen) atoms. The number of aliphatic hydroxyl groups is 1. The summed E-state index contributed by atoms with van der Waals surface area (Å²) in [5.41, 5.74) is 1.07.